The average molecular weight is 338 g/mol. The summed E-state index contributed by atoms with van der Waals surface area (Å²) in [6, 6.07) is 5.84. The van der Waals surface area contributed by atoms with E-state index in [-0.39, 0.29) is 10.7 Å². The van der Waals surface area contributed by atoms with E-state index < -0.39 is 10.8 Å². The van der Waals surface area contributed by atoms with Gasteiger partial charge >= 0.3 is 0 Å². The first-order chi connectivity index (χ1) is 7.70. The highest BCUT2D eigenvalue weighted by molar-refractivity contribution is 9.10. The highest BCUT2D eigenvalue weighted by Crippen LogP contribution is 2.27. The molecule has 1 nitrogen and oxygen atoms in total. The van der Waals surface area contributed by atoms with Gasteiger partial charge in [0.2, 0.25) is 0 Å². The summed E-state index contributed by atoms with van der Waals surface area (Å²) in [5.41, 5.74) is 1.13. The van der Waals surface area contributed by atoms with Gasteiger partial charge < -0.3 is 0 Å². The van der Waals surface area contributed by atoms with E-state index in [0.29, 0.717) is 10.8 Å². The molecule has 0 aromatic heterocycles. The molecule has 0 radical (unpaired) electrons. The van der Waals surface area contributed by atoms with Crippen LogP contribution in [-0.2, 0) is 10.8 Å². The van der Waals surface area contributed by atoms with Crippen LogP contribution in [0.25, 0.3) is 0 Å². The minimum absolute atomic E-state index is 0.163. The summed E-state index contributed by atoms with van der Waals surface area (Å²) in [5, 5.41) is 0.711. The highest BCUT2D eigenvalue weighted by Gasteiger charge is 2.22. The third-order valence-corrected chi connectivity index (χ3v) is 5.38. The van der Waals surface area contributed by atoms with Crippen LogP contribution in [0.1, 0.15) is 39.2 Å². The molecule has 4 heteroatoms. The van der Waals surface area contributed by atoms with E-state index in [9.17, 15) is 4.21 Å². The van der Waals surface area contributed by atoms with Gasteiger partial charge in [0.05, 0.1) is 0 Å². The van der Waals surface area contributed by atoms with Crippen LogP contribution in [0.15, 0.2) is 22.7 Å². The van der Waals surface area contributed by atoms with Crippen molar-refractivity contribution in [2.75, 3.05) is 5.75 Å². The van der Waals surface area contributed by atoms with E-state index in [1.54, 1.807) is 0 Å². The average Bonchev–Trinajstić information content (AvgIpc) is 2.14. The number of halogens is 2. The van der Waals surface area contributed by atoms with E-state index >= 15 is 0 Å². The molecule has 96 valence electrons. The Hall–Kier alpha value is 0.140. The molecular weight excluding hydrogens is 320 g/mol. The van der Waals surface area contributed by atoms with Gasteiger partial charge in [0, 0.05) is 30.8 Å². The van der Waals surface area contributed by atoms with E-state index in [1.165, 1.54) is 0 Å². The quantitative estimate of drug-likeness (QED) is 0.777. The van der Waals surface area contributed by atoms with Crippen LogP contribution in [0, 0.1) is 0 Å². The topological polar surface area (TPSA) is 17.1 Å². The van der Waals surface area contributed by atoms with Gasteiger partial charge in [-0.3, -0.25) is 4.21 Å². The maximum atomic E-state index is 12.1. The normalized spacial score (nSPS) is 15.6. The Morgan fingerprint density at radius 2 is 1.94 bits per heavy atom. The van der Waals surface area contributed by atoms with Crippen LogP contribution < -0.4 is 0 Å². The smallest absolute Gasteiger partial charge is 0.0420 e. The molecule has 0 N–H and O–H groups in total. The fraction of sp³-hybridized carbons (Fsp3) is 0.538. The standard InChI is InChI=1S/C13H18BrClOS/c1-9(8-17(16)13(2,3)4)10-5-11(14)7-12(15)6-10/h5-7,9H,8H2,1-4H3/t9-,17-/m0/s1. The van der Waals surface area contributed by atoms with Crippen molar-refractivity contribution in [2.24, 2.45) is 0 Å². The molecule has 0 amide bonds. The zero-order valence-electron chi connectivity index (χ0n) is 10.6. The fourth-order valence-electron chi connectivity index (χ4n) is 1.43. The molecule has 0 aliphatic heterocycles. The second-order valence-electron chi connectivity index (χ2n) is 5.23. The van der Waals surface area contributed by atoms with Crippen LogP contribution in [0.2, 0.25) is 5.02 Å². The lowest BCUT2D eigenvalue weighted by Gasteiger charge is -2.21. The van der Waals surface area contributed by atoms with E-state index in [0.717, 1.165) is 10.0 Å². The molecule has 2 atom stereocenters. The van der Waals surface area contributed by atoms with Crippen molar-refractivity contribution < 1.29 is 4.21 Å². The van der Waals surface area contributed by atoms with Crippen molar-refractivity contribution in [3.63, 3.8) is 0 Å². The summed E-state index contributed by atoms with van der Waals surface area (Å²) in [6.07, 6.45) is 0. The lowest BCUT2D eigenvalue weighted by atomic mass is 10.0. The number of rotatable bonds is 3. The van der Waals surface area contributed by atoms with Gasteiger partial charge in [-0.15, -0.1) is 0 Å². The van der Waals surface area contributed by atoms with Gasteiger partial charge in [0.1, 0.15) is 0 Å². The third-order valence-electron chi connectivity index (χ3n) is 2.54. The minimum atomic E-state index is -0.840. The molecule has 0 aliphatic carbocycles. The SMILES string of the molecule is C[C@@H](C[S@](=O)C(C)(C)C)c1cc(Cl)cc(Br)c1. The zero-order chi connectivity index (χ0) is 13.2. The van der Waals surface area contributed by atoms with Crippen molar-refractivity contribution in [2.45, 2.75) is 38.4 Å². The largest absolute Gasteiger partial charge is 0.259 e. The van der Waals surface area contributed by atoms with Crippen molar-refractivity contribution in [3.8, 4) is 0 Å². The first-order valence-corrected chi connectivity index (χ1v) is 8.03. The second kappa shape index (κ2) is 5.85. The van der Waals surface area contributed by atoms with Gasteiger partial charge in [-0.2, -0.15) is 0 Å². The summed E-state index contributed by atoms with van der Waals surface area (Å²) >= 11 is 9.44. The Kier molecular flexibility index (Phi) is 5.23. The Labute approximate surface area is 120 Å². The van der Waals surface area contributed by atoms with Gasteiger partial charge in [0.25, 0.3) is 0 Å². The molecule has 0 spiro atoms. The molecule has 0 heterocycles. The van der Waals surface area contributed by atoms with Gasteiger partial charge in [-0.05, 0) is 50.5 Å². The summed E-state index contributed by atoms with van der Waals surface area (Å²) in [6.45, 7) is 8.10. The van der Waals surface area contributed by atoms with Crippen molar-refractivity contribution >= 4 is 38.3 Å². The second-order valence-corrected chi connectivity index (χ2v) is 8.83. The Morgan fingerprint density at radius 3 is 2.41 bits per heavy atom. The van der Waals surface area contributed by atoms with Crippen LogP contribution in [0.5, 0.6) is 0 Å². The first kappa shape index (κ1) is 15.2. The van der Waals surface area contributed by atoms with Crippen molar-refractivity contribution in [1.82, 2.24) is 0 Å². The summed E-state index contributed by atoms with van der Waals surface area (Å²) in [5.74, 6) is 0.904. The van der Waals surface area contributed by atoms with Crippen LogP contribution in [0.3, 0.4) is 0 Å². The molecule has 0 saturated carbocycles. The predicted molar refractivity (Wildman–Crippen MR) is 80.3 cm³/mol. The van der Waals surface area contributed by atoms with Crippen LogP contribution in [-0.4, -0.2) is 14.7 Å². The molecule has 17 heavy (non-hydrogen) atoms. The number of hydrogen-bond donors (Lipinski definition) is 0. The fourth-order valence-corrected chi connectivity index (χ4v) is 3.47. The molecule has 1 aromatic carbocycles. The van der Waals surface area contributed by atoms with Crippen LogP contribution in [0.4, 0.5) is 0 Å². The predicted octanol–water partition coefficient (Wildman–Crippen LogP) is 4.75. The van der Waals surface area contributed by atoms with E-state index in [1.807, 2.05) is 39.0 Å². The Morgan fingerprint density at radius 1 is 1.35 bits per heavy atom. The molecule has 0 aliphatic rings. The maximum absolute atomic E-state index is 12.1. The lowest BCUT2D eigenvalue weighted by Crippen LogP contribution is -2.26. The number of hydrogen-bond acceptors (Lipinski definition) is 1. The van der Waals surface area contributed by atoms with E-state index in [2.05, 4.69) is 22.9 Å². The van der Waals surface area contributed by atoms with Crippen molar-refractivity contribution in [1.29, 1.82) is 0 Å². The molecule has 0 fully saturated rings. The highest BCUT2D eigenvalue weighted by atomic mass is 79.9. The van der Waals surface area contributed by atoms with Gasteiger partial charge in [-0.1, -0.05) is 34.5 Å². The van der Waals surface area contributed by atoms with E-state index in [4.69, 9.17) is 11.6 Å². The zero-order valence-corrected chi connectivity index (χ0v) is 13.7. The van der Waals surface area contributed by atoms with Crippen LogP contribution >= 0.6 is 27.5 Å². The van der Waals surface area contributed by atoms with Gasteiger partial charge in [-0.25, -0.2) is 0 Å². The molecule has 0 unspecified atom stereocenters. The molecule has 0 bridgehead atoms. The minimum Gasteiger partial charge on any atom is -0.259 e. The summed E-state index contributed by atoms with van der Waals surface area (Å²) < 4.78 is 12.9. The third kappa shape index (κ3) is 4.72. The van der Waals surface area contributed by atoms with Gasteiger partial charge in [0.15, 0.2) is 0 Å². The first-order valence-electron chi connectivity index (χ1n) is 5.54. The molecule has 0 saturated heterocycles. The number of benzene rings is 1. The molecule has 1 rings (SSSR count). The Bertz CT molecular complexity index is 406. The monoisotopic (exact) mass is 336 g/mol. The molecule has 1 aromatic rings. The van der Waals surface area contributed by atoms with Crippen molar-refractivity contribution in [3.05, 3.63) is 33.3 Å². The maximum Gasteiger partial charge on any atom is 0.0420 e. The summed E-state index contributed by atoms with van der Waals surface area (Å²) in [7, 11) is -0.840. The summed E-state index contributed by atoms with van der Waals surface area (Å²) in [4.78, 5) is 0. The lowest BCUT2D eigenvalue weighted by molar-refractivity contribution is 0.642. The molecular formula is C13H18BrClOS. The Balaban J connectivity index is 2.83.